The fourth-order valence-electron chi connectivity index (χ4n) is 2.79. The van der Waals surface area contributed by atoms with Crippen LogP contribution in [0.25, 0.3) is 5.65 Å². The average molecular weight is 404 g/mol. The fourth-order valence-corrected chi connectivity index (χ4v) is 2.79. The molecule has 0 atom stereocenters. The number of pyridine rings is 1. The van der Waals surface area contributed by atoms with Crippen molar-refractivity contribution in [1.82, 2.24) is 14.8 Å². The van der Waals surface area contributed by atoms with Gasteiger partial charge in [0.1, 0.15) is 11.3 Å². The van der Waals surface area contributed by atoms with Gasteiger partial charge in [-0.15, -0.1) is 0 Å². The number of amides is 1. The minimum absolute atomic E-state index is 0.0371. The van der Waals surface area contributed by atoms with E-state index in [1.807, 2.05) is 6.07 Å². The zero-order valence-electron chi connectivity index (χ0n) is 15.8. The van der Waals surface area contributed by atoms with Crippen LogP contribution in [-0.4, -0.2) is 42.3 Å². The number of carbonyl (C=O) groups is 1. The Morgan fingerprint density at radius 2 is 1.93 bits per heavy atom. The van der Waals surface area contributed by atoms with E-state index in [4.69, 9.17) is 9.47 Å². The van der Waals surface area contributed by atoms with E-state index in [0.29, 0.717) is 22.6 Å². The number of nitrogens with one attached hydrogen (secondary N) is 1. The topological polar surface area (TPSA) is 86.5 Å². The van der Waals surface area contributed by atoms with Gasteiger partial charge >= 0.3 is 6.61 Å². The van der Waals surface area contributed by atoms with Crippen LogP contribution >= 0.6 is 0 Å². The number of halogens is 2. The summed E-state index contributed by atoms with van der Waals surface area (Å²) >= 11 is 0. The highest BCUT2D eigenvalue weighted by Crippen LogP contribution is 2.39. The van der Waals surface area contributed by atoms with Crippen LogP contribution in [0.4, 0.5) is 8.78 Å². The van der Waals surface area contributed by atoms with E-state index in [9.17, 15) is 13.6 Å². The van der Waals surface area contributed by atoms with Gasteiger partial charge in [0.25, 0.3) is 5.91 Å². The van der Waals surface area contributed by atoms with Crippen molar-refractivity contribution >= 4 is 17.8 Å². The Morgan fingerprint density at radius 1 is 1.24 bits per heavy atom. The third-order valence-electron chi connectivity index (χ3n) is 3.99. The largest absolute Gasteiger partial charge is 0.493 e. The molecule has 1 aromatic carbocycles. The maximum Gasteiger partial charge on any atom is 0.387 e. The molecule has 1 N–H and O–H groups in total. The van der Waals surface area contributed by atoms with Crippen molar-refractivity contribution < 1.29 is 27.8 Å². The Hall–Kier alpha value is -3.69. The molecule has 0 saturated carbocycles. The molecule has 152 valence electrons. The van der Waals surface area contributed by atoms with E-state index in [-0.39, 0.29) is 17.2 Å². The molecule has 0 fully saturated rings. The number of imidazole rings is 1. The highest BCUT2D eigenvalue weighted by molar-refractivity contribution is 5.95. The summed E-state index contributed by atoms with van der Waals surface area (Å²) < 4.78 is 41.5. The van der Waals surface area contributed by atoms with Gasteiger partial charge in [0.2, 0.25) is 5.75 Å². The molecule has 10 heteroatoms. The molecule has 0 spiro atoms. The number of benzene rings is 1. The van der Waals surface area contributed by atoms with Crippen LogP contribution in [0.1, 0.15) is 21.7 Å². The molecule has 2 aromatic heterocycles. The van der Waals surface area contributed by atoms with Gasteiger partial charge < -0.3 is 14.2 Å². The Kier molecular flexibility index (Phi) is 5.91. The number of carbonyl (C=O) groups excluding carboxylic acids is 1. The normalized spacial score (nSPS) is 11.2. The van der Waals surface area contributed by atoms with Gasteiger partial charge in [-0.1, -0.05) is 6.07 Å². The first-order valence-corrected chi connectivity index (χ1v) is 8.42. The molecule has 1 amide bonds. The molecule has 3 aromatic rings. The van der Waals surface area contributed by atoms with Crippen LogP contribution in [0.3, 0.4) is 0 Å². The van der Waals surface area contributed by atoms with E-state index in [0.717, 1.165) is 0 Å². The van der Waals surface area contributed by atoms with E-state index in [1.54, 1.807) is 29.7 Å². The van der Waals surface area contributed by atoms with Crippen LogP contribution in [0.15, 0.2) is 41.6 Å². The van der Waals surface area contributed by atoms with Gasteiger partial charge in [-0.3, -0.25) is 9.20 Å². The highest BCUT2D eigenvalue weighted by Gasteiger charge is 2.18. The maximum atomic E-state index is 12.6. The van der Waals surface area contributed by atoms with Crippen molar-refractivity contribution in [2.75, 3.05) is 14.2 Å². The predicted molar refractivity (Wildman–Crippen MR) is 101 cm³/mol. The Morgan fingerprint density at radius 3 is 2.55 bits per heavy atom. The van der Waals surface area contributed by atoms with Gasteiger partial charge in [-0.05, 0) is 31.2 Å². The summed E-state index contributed by atoms with van der Waals surface area (Å²) in [5, 5.41) is 3.92. The smallest absolute Gasteiger partial charge is 0.387 e. The lowest BCUT2D eigenvalue weighted by atomic mass is 10.2. The van der Waals surface area contributed by atoms with Crippen LogP contribution < -0.4 is 19.6 Å². The summed E-state index contributed by atoms with van der Waals surface area (Å²) in [6, 6.07) is 8.25. The molecule has 29 heavy (non-hydrogen) atoms. The molecule has 0 radical (unpaired) electrons. The zero-order valence-corrected chi connectivity index (χ0v) is 15.8. The number of fused-ring (bicyclic) bond motifs is 1. The fraction of sp³-hybridized carbons (Fsp3) is 0.211. The molecule has 0 aliphatic carbocycles. The number of hydrogen-bond donors (Lipinski definition) is 1. The Bertz CT molecular complexity index is 1040. The molecule has 8 nitrogen and oxygen atoms in total. The van der Waals surface area contributed by atoms with Gasteiger partial charge in [0.05, 0.1) is 26.1 Å². The second-order valence-electron chi connectivity index (χ2n) is 5.81. The molecule has 3 rings (SSSR count). The van der Waals surface area contributed by atoms with E-state index in [1.165, 1.54) is 32.6 Å². The van der Waals surface area contributed by atoms with Gasteiger partial charge in [-0.25, -0.2) is 10.4 Å². The van der Waals surface area contributed by atoms with E-state index in [2.05, 4.69) is 20.2 Å². The number of ether oxygens (including phenoxy) is 3. The quantitative estimate of drug-likeness (QED) is 0.483. The molecular weight excluding hydrogens is 386 g/mol. The number of methoxy groups -OCH3 is 2. The molecule has 0 saturated heterocycles. The first-order valence-electron chi connectivity index (χ1n) is 8.42. The number of alkyl halides is 2. The number of nitrogens with zero attached hydrogens (tertiary/aromatic N) is 3. The highest BCUT2D eigenvalue weighted by atomic mass is 19.3. The second-order valence-corrected chi connectivity index (χ2v) is 5.81. The van der Waals surface area contributed by atoms with Crippen LogP contribution in [0.5, 0.6) is 17.2 Å². The standard InChI is InChI=1S/C19H18F2N4O4/c1-11-16(25-7-5-4-6-15(25)23-11)18(26)24-22-10-12-8-13(27-2)17(29-19(20)21)14(9-12)28-3/h4-10,19H,1-3H3,(H,24,26)/b22-10-. The molecule has 0 aliphatic heterocycles. The van der Waals surface area contributed by atoms with Crippen molar-refractivity contribution in [3.63, 3.8) is 0 Å². The third-order valence-corrected chi connectivity index (χ3v) is 3.99. The van der Waals surface area contributed by atoms with Crippen LogP contribution in [-0.2, 0) is 0 Å². The number of hydrazone groups is 1. The van der Waals surface area contributed by atoms with Crippen molar-refractivity contribution in [2.24, 2.45) is 5.10 Å². The lowest BCUT2D eigenvalue weighted by Gasteiger charge is -2.14. The lowest BCUT2D eigenvalue weighted by molar-refractivity contribution is -0.0526. The number of hydrogen-bond acceptors (Lipinski definition) is 6. The summed E-state index contributed by atoms with van der Waals surface area (Å²) in [7, 11) is 2.62. The molecule has 2 heterocycles. The maximum absolute atomic E-state index is 12.6. The average Bonchev–Trinajstić information content (AvgIpc) is 3.03. The van der Waals surface area contributed by atoms with Crippen molar-refractivity contribution in [1.29, 1.82) is 0 Å². The number of aryl methyl sites for hydroxylation is 1. The van der Waals surface area contributed by atoms with Gasteiger partial charge in [-0.2, -0.15) is 13.9 Å². The monoisotopic (exact) mass is 404 g/mol. The third kappa shape index (κ3) is 4.26. The van der Waals surface area contributed by atoms with Crippen LogP contribution in [0, 0.1) is 6.92 Å². The van der Waals surface area contributed by atoms with Gasteiger partial charge in [0, 0.05) is 11.8 Å². The minimum Gasteiger partial charge on any atom is -0.493 e. The first-order chi connectivity index (χ1) is 13.9. The van der Waals surface area contributed by atoms with Crippen molar-refractivity contribution in [3.05, 3.63) is 53.5 Å². The molecule has 0 bridgehead atoms. The number of aromatic nitrogens is 2. The number of rotatable bonds is 7. The van der Waals surface area contributed by atoms with Crippen molar-refractivity contribution in [3.8, 4) is 17.2 Å². The first kappa shape index (κ1) is 20.1. The van der Waals surface area contributed by atoms with Crippen molar-refractivity contribution in [2.45, 2.75) is 13.5 Å². The summed E-state index contributed by atoms with van der Waals surface area (Å²) in [6.45, 7) is -1.31. The molecule has 0 aliphatic rings. The molecular formula is C19H18F2N4O4. The molecule has 0 unspecified atom stereocenters. The second kappa shape index (κ2) is 8.55. The zero-order chi connectivity index (χ0) is 21.0. The SMILES string of the molecule is COc1cc(/C=N\NC(=O)c2c(C)nc3ccccn23)cc(OC)c1OC(F)F. The predicted octanol–water partition coefficient (Wildman–Crippen LogP) is 3.03. The summed E-state index contributed by atoms with van der Waals surface area (Å²) in [4.78, 5) is 16.8. The Labute approximate surface area is 164 Å². The summed E-state index contributed by atoms with van der Waals surface area (Å²) in [6.07, 6.45) is 3.05. The van der Waals surface area contributed by atoms with E-state index >= 15 is 0 Å². The lowest BCUT2D eigenvalue weighted by Crippen LogP contribution is -2.20. The Balaban J connectivity index is 1.82. The summed E-state index contributed by atoms with van der Waals surface area (Å²) in [5.74, 6) is -0.605. The minimum atomic E-state index is -3.04. The van der Waals surface area contributed by atoms with Crippen LogP contribution in [0.2, 0.25) is 0 Å². The summed E-state index contributed by atoms with van der Waals surface area (Å²) in [5.41, 5.74) is 4.42. The van der Waals surface area contributed by atoms with E-state index < -0.39 is 12.5 Å². The van der Waals surface area contributed by atoms with Gasteiger partial charge in [0.15, 0.2) is 11.5 Å².